The summed E-state index contributed by atoms with van der Waals surface area (Å²) in [5.41, 5.74) is -0.375. The molecule has 0 radical (unpaired) electrons. The molecule has 0 spiro atoms. The number of carbonyl (C=O) groups excluding carboxylic acids is 1. The smallest absolute Gasteiger partial charge is 0.434 e. The van der Waals surface area contributed by atoms with Crippen molar-refractivity contribution in [2.75, 3.05) is 19.5 Å². The highest BCUT2D eigenvalue weighted by Gasteiger charge is 2.34. The van der Waals surface area contributed by atoms with Crippen molar-refractivity contribution in [3.05, 3.63) is 39.9 Å². The minimum atomic E-state index is -4.54. The number of ether oxygens (including phenoxy) is 1. The molecule has 0 aliphatic heterocycles. The van der Waals surface area contributed by atoms with Crippen molar-refractivity contribution in [3.63, 3.8) is 0 Å². The van der Waals surface area contributed by atoms with Crippen LogP contribution >= 0.6 is 22.9 Å². The summed E-state index contributed by atoms with van der Waals surface area (Å²) in [5, 5.41) is 3.52. The second-order valence-corrected chi connectivity index (χ2v) is 6.07. The van der Waals surface area contributed by atoms with Crippen molar-refractivity contribution in [1.82, 2.24) is 9.88 Å². The summed E-state index contributed by atoms with van der Waals surface area (Å²) >= 11 is 6.63. The molecule has 0 saturated carbocycles. The fourth-order valence-corrected chi connectivity index (χ4v) is 2.75. The first-order valence-corrected chi connectivity index (χ1v) is 7.83. The van der Waals surface area contributed by atoms with Gasteiger partial charge in [0.1, 0.15) is 5.75 Å². The molecule has 2 rings (SSSR count). The second-order valence-electron chi connectivity index (χ2n) is 4.78. The van der Waals surface area contributed by atoms with Gasteiger partial charge in [0, 0.05) is 23.0 Å². The largest absolute Gasteiger partial charge is 0.496 e. The van der Waals surface area contributed by atoms with E-state index in [4.69, 9.17) is 16.3 Å². The molecule has 0 aliphatic rings. The van der Waals surface area contributed by atoms with Gasteiger partial charge in [-0.2, -0.15) is 13.2 Å². The van der Waals surface area contributed by atoms with Gasteiger partial charge in [0.2, 0.25) is 0 Å². The number of urea groups is 1. The van der Waals surface area contributed by atoms with E-state index in [-0.39, 0.29) is 11.7 Å². The number of hydrogen-bond acceptors (Lipinski definition) is 4. The van der Waals surface area contributed by atoms with E-state index < -0.39 is 17.9 Å². The molecule has 2 amide bonds. The number of thiazole rings is 1. The van der Waals surface area contributed by atoms with Crippen LogP contribution in [0.5, 0.6) is 5.75 Å². The molecular weight excluding hydrogens is 367 g/mol. The Labute approximate surface area is 145 Å². The summed E-state index contributed by atoms with van der Waals surface area (Å²) < 4.78 is 42.7. The van der Waals surface area contributed by atoms with E-state index in [1.807, 2.05) is 0 Å². The third kappa shape index (κ3) is 4.51. The number of aromatic nitrogens is 1. The van der Waals surface area contributed by atoms with Gasteiger partial charge in [-0.3, -0.25) is 5.32 Å². The van der Waals surface area contributed by atoms with Gasteiger partial charge in [0.25, 0.3) is 0 Å². The van der Waals surface area contributed by atoms with E-state index in [1.54, 1.807) is 18.2 Å². The summed E-state index contributed by atoms with van der Waals surface area (Å²) in [5.74, 6) is 0.549. The highest BCUT2D eigenvalue weighted by Crippen LogP contribution is 2.31. The van der Waals surface area contributed by atoms with Crippen molar-refractivity contribution < 1.29 is 22.7 Å². The maximum Gasteiger partial charge on any atom is 0.434 e. The fraction of sp³-hybridized carbons (Fsp3) is 0.286. The average molecular weight is 380 g/mol. The number of benzene rings is 1. The zero-order chi connectivity index (χ0) is 17.9. The highest BCUT2D eigenvalue weighted by atomic mass is 35.5. The van der Waals surface area contributed by atoms with Crippen LogP contribution in [0.4, 0.5) is 23.1 Å². The molecule has 0 aliphatic carbocycles. The Morgan fingerprint density at radius 3 is 2.75 bits per heavy atom. The van der Waals surface area contributed by atoms with Crippen molar-refractivity contribution in [3.8, 4) is 5.75 Å². The maximum atomic E-state index is 12.5. The first-order chi connectivity index (χ1) is 11.2. The lowest BCUT2D eigenvalue weighted by molar-refractivity contribution is -0.140. The third-order valence-electron chi connectivity index (χ3n) is 3.01. The molecule has 1 N–H and O–H groups in total. The molecule has 1 aromatic heterocycles. The summed E-state index contributed by atoms with van der Waals surface area (Å²) in [7, 11) is 2.98. The Kier molecular flexibility index (Phi) is 5.55. The van der Waals surface area contributed by atoms with Crippen molar-refractivity contribution in [2.45, 2.75) is 12.7 Å². The zero-order valence-corrected chi connectivity index (χ0v) is 14.2. The molecule has 1 aromatic carbocycles. The third-order valence-corrected chi connectivity index (χ3v) is 4.00. The molecule has 130 valence electrons. The number of nitrogens with one attached hydrogen (secondary N) is 1. The van der Waals surface area contributed by atoms with Crippen LogP contribution in [-0.2, 0) is 12.7 Å². The quantitative estimate of drug-likeness (QED) is 0.851. The van der Waals surface area contributed by atoms with Gasteiger partial charge in [0.05, 0.1) is 13.7 Å². The Bertz CT molecular complexity index is 736. The van der Waals surface area contributed by atoms with Crippen LogP contribution in [0.15, 0.2) is 23.6 Å². The van der Waals surface area contributed by atoms with E-state index >= 15 is 0 Å². The van der Waals surface area contributed by atoms with Crippen molar-refractivity contribution in [1.29, 1.82) is 0 Å². The number of anilines is 1. The summed E-state index contributed by atoms with van der Waals surface area (Å²) in [6.45, 7) is 0.160. The maximum absolute atomic E-state index is 12.5. The van der Waals surface area contributed by atoms with Crippen LogP contribution in [-0.4, -0.2) is 30.1 Å². The lowest BCUT2D eigenvalue weighted by atomic mass is 10.2. The first-order valence-electron chi connectivity index (χ1n) is 6.58. The molecule has 0 bridgehead atoms. The van der Waals surface area contributed by atoms with Crippen LogP contribution < -0.4 is 10.1 Å². The van der Waals surface area contributed by atoms with E-state index in [0.717, 1.165) is 5.38 Å². The molecule has 0 unspecified atom stereocenters. The number of carbonyl (C=O) groups is 1. The van der Waals surface area contributed by atoms with Crippen LogP contribution in [0.1, 0.15) is 11.3 Å². The van der Waals surface area contributed by atoms with Gasteiger partial charge in [0.15, 0.2) is 10.8 Å². The molecule has 10 heteroatoms. The average Bonchev–Trinajstić information content (AvgIpc) is 2.96. The Hall–Kier alpha value is -2.00. The van der Waals surface area contributed by atoms with Gasteiger partial charge in [-0.1, -0.05) is 11.6 Å². The fourth-order valence-electron chi connectivity index (χ4n) is 1.85. The van der Waals surface area contributed by atoms with Gasteiger partial charge in [-0.05, 0) is 18.2 Å². The lowest BCUT2D eigenvalue weighted by Gasteiger charge is -2.19. The Morgan fingerprint density at radius 1 is 1.46 bits per heavy atom. The minimum Gasteiger partial charge on any atom is -0.496 e. The Balaban J connectivity index is 2.05. The molecule has 0 fully saturated rings. The van der Waals surface area contributed by atoms with Crippen LogP contribution in [0.25, 0.3) is 0 Å². The molecule has 5 nitrogen and oxygen atoms in total. The minimum absolute atomic E-state index is 0.128. The molecule has 0 saturated heterocycles. The van der Waals surface area contributed by atoms with Gasteiger partial charge >= 0.3 is 12.2 Å². The van der Waals surface area contributed by atoms with Crippen molar-refractivity contribution >= 4 is 34.1 Å². The van der Waals surface area contributed by atoms with E-state index in [1.165, 1.54) is 19.1 Å². The number of alkyl halides is 3. The summed E-state index contributed by atoms with van der Waals surface area (Å²) in [6, 6.07) is 4.37. The first kappa shape index (κ1) is 18.3. The number of hydrogen-bond donors (Lipinski definition) is 1. The van der Waals surface area contributed by atoms with Crippen LogP contribution in [0.3, 0.4) is 0 Å². The summed E-state index contributed by atoms with van der Waals surface area (Å²) in [4.78, 5) is 16.7. The molecule has 1 heterocycles. The van der Waals surface area contributed by atoms with E-state index in [2.05, 4.69) is 10.3 Å². The van der Waals surface area contributed by atoms with Crippen LogP contribution in [0.2, 0.25) is 5.02 Å². The predicted octanol–water partition coefficient (Wildman–Crippen LogP) is 4.49. The standard InChI is InChI=1S/C14H13ClF3N3O2S/c1-21(6-8-5-9(15)3-4-10(8)23-2)13(22)20-12-19-11(7-24-12)14(16,17)18/h3-5,7H,6H2,1-2H3,(H,19,20,22). The topological polar surface area (TPSA) is 54.5 Å². The number of methoxy groups -OCH3 is 1. The predicted molar refractivity (Wildman–Crippen MR) is 85.6 cm³/mol. The molecule has 0 atom stereocenters. The normalized spacial score (nSPS) is 11.2. The van der Waals surface area contributed by atoms with E-state index in [0.29, 0.717) is 27.7 Å². The van der Waals surface area contributed by atoms with Gasteiger partial charge < -0.3 is 9.64 Å². The van der Waals surface area contributed by atoms with Crippen LogP contribution in [0, 0.1) is 0 Å². The van der Waals surface area contributed by atoms with Crippen molar-refractivity contribution in [2.24, 2.45) is 0 Å². The second kappa shape index (κ2) is 7.27. The number of nitrogens with zero attached hydrogens (tertiary/aromatic N) is 2. The monoisotopic (exact) mass is 379 g/mol. The number of halogens is 4. The number of amides is 2. The van der Waals surface area contributed by atoms with Gasteiger partial charge in [-0.15, -0.1) is 11.3 Å². The summed E-state index contributed by atoms with van der Waals surface area (Å²) in [6.07, 6.45) is -4.54. The van der Waals surface area contributed by atoms with Gasteiger partial charge in [-0.25, -0.2) is 9.78 Å². The lowest BCUT2D eigenvalue weighted by Crippen LogP contribution is -2.31. The molecular formula is C14H13ClF3N3O2S. The molecule has 24 heavy (non-hydrogen) atoms. The number of rotatable bonds is 4. The molecule has 2 aromatic rings. The highest BCUT2D eigenvalue weighted by molar-refractivity contribution is 7.13. The SMILES string of the molecule is COc1ccc(Cl)cc1CN(C)C(=O)Nc1nc(C(F)(F)F)cs1. The Morgan fingerprint density at radius 2 is 2.17 bits per heavy atom. The zero-order valence-electron chi connectivity index (χ0n) is 12.6. The van der Waals surface area contributed by atoms with E-state index in [9.17, 15) is 18.0 Å².